The summed E-state index contributed by atoms with van der Waals surface area (Å²) in [6.07, 6.45) is 3.39. The zero-order chi connectivity index (χ0) is 18.7. The Kier molecular flexibility index (Phi) is 5.46. The first kappa shape index (κ1) is 18.3. The van der Waals surface area contributed by atoms with E-state index in [1.807, 2.05) is 6.07 Å². The zero-order valence-corrected chi connectivity index (χ0v) is 15.2. The molecule has 3 N–H and O–H groups in total. The van der Waals surface area contributed by atoms with Gasteiger partial charge in [0.15, 0.2) is 0 Å². The Morgan fingerprint density at radius 2 is 2.19 bits per heavy atom. The van der Waals surface area contributed by atoms with Crippen LogP contribution in [0, 0.1) is 0 Å². The number of H-pyrrole nitrogens is 1. The van der Waals surface area contributed by atoms with Gasteiger partial charge in [0, 0.05) is 16.9 Å². The third-order valence-corrected chi connectivity index (χ3v) is 4.89. The van der Waals surface area contributed by atoms with Crippen LogP contribution in [0.15, 0.2) is 18.2 Å². The van der Waals surface area contributed by atoms with Crippen LogP contribution in [-0.4, -0.2) is 54.6 Å². The van der Waals surface area contributed by atoms with Crippen molar-refractivity contribution in [3.05, 3.63) is 29.5 Å². The van der Waals surface area contributed by atoms with Gasteiger partial charge in [-0.25, -0.2) is 4.79 Å². The van der Waals surface area contributed by atoms with E-state index in [1.54, 1.807) is 19.1 Å². The lowest BCUT2D eigenvalue weighted by Gasteiger charge is -2.19. The molecule has 7 nitrogen and oxygen atoms in total. The Morgan fingerprint density at radius 3 is 2.85 bits per heavy atom. The van der Waals surface area contributed by atoms with Gasteiger partial charge < -0.3 is 25.1 Å². The molecular formula is C19H25N3O4. The normalized spacial score (nSPS) is 17.5. The first-order chi connectivity index (χ1) is 12.5. The van der Waals surface area contributed by atoms with Gasteiger partial charge in [-0.3, -0.25) is 4.79 Å². The van der Waals surface area contributed by atoms with E-state index in [0.29, 0.717) is 29.3 Å². The number of amides is 1. The number of nitrogens with zero attached hydrogens (tertiary/aromatic N) is 1. The largest absolute Gasteiger partial charge is 0.494 e. The number of benzene rings is 1. The number of likely N-dealkylation sites (tertiary alicyclic amines) is 1. The smallest absolute Gasteiger partial charge is 0.355 e. The van der Waals surface area contributed by atoms with E-state index in [4.69, 9.17) is 15.2 Å². The average Bonchev–Trinajstić information content (AvgIpc) is 3.18. The van der Waals surface area contributed by atoms with Crippen molar-refractivity contribution in [2.45, 2.75) is 32.2 Å². The number of aromatic amines is 1. The number of primary amides is 1. The average molecular weight is 359 g/mol. The SMILES string of the molecule is CCOC(=O)c1[nH]c2ccc(OCCC3CCCN3C)cc2c1C(N)=O. The molecule has 0 radical (unpaired) electrons. The van der Waals surface area contributed by atoms with Gasteiger partial charge >= 0.3 is 5.97 Å². The summed E-state index contributed by atoms with van der Waals surface area (Å²) in [7, 11) is 2.14. The lowest BCUT2D eigenvalue weighted by molar-refractivity contribution is 0.0517. The van der Waals surface area contributed by atoms with Crippen LogP contribution in [0.5, 0.6) is 5.75 Å². The summed E-state index contributed by atoms with van der Waals surface area (Å²) in [6.45, 7) is 3.66. The van der Waals surface area contributed by atoms with Gasteiger partial charge in [-0.05, 0) is 58.0 Å². The summed E-state index contributed by atoms with van der Waals surface area (Å²) < 4.78 is 10.9. The van der Waals surface area contributed by atoms with Crippen molar-refractivity contribution in [3.8, 4) is 5.75 Å². The maximum atomic E-state index is 12.1. The molecule has 1 aromatic carbocycles. The van der Waals surface area contributed by atoms with Crippen molar-refractivity contribution in [1.82, 2.24) is 9.88 Å². The first-order valence-corrected chi connectivity index (χ1v) is 8.97. The Morgan fingerprint density at radius 1 is 1.38 bits per heavy atom. The Hall–Kier alpha value is -2.54. The van der Waals surface area contributed by atoms with Crippen molar-refractivity contribution in [2.75, 3.05) is 26.8 Å². The Bertz CT molecular complexity index is 814. The van der Waals surface area contributed by atoms with Gasteiger partial charge in [-0.1, -0.05) is 0 Å². The number of rotatable bonds is 7. The predicted octanol–water partition coefficient (Wildman–Crippen LogP) is 2.31. The van der Waals surface area contributed by atoms with Crippen molar-refractivity contribution < 1.29 is 19.1 Å². The van der Waals surface area contributed by atoms with E-state index in [-0.39, 0.29) is 17.9 Å². The number of nitrogens with two attached hydrogens (primary N) is 1. The molecule has 1 aliphatic heterocycles. The fourth-order valence-corrected chi connectivity index (χ4v) is 3.53. The molecule has 3 rings (SSSR count). The second-order valence-corrected chi connectivity index (χ2v) is 6.58. The van der Waals surface area contributed by atoms with Gasteiger partial charge in [-0.2, -0.15) is 0 Å². The van der Waals surface area contributed by atoms with Crippen molar-refractivity contribution in [3.63, 3.8) is 0 Å². The number of nitrogens with one attached hydrogen (secondary N) is 1. The zero-order valence-electron chi connectivity index (χ0n) is 15.2. The molecule has 1 aromatic heterocycles. The van der Waals surface area contributed by atoms with Crippen LogP contribution in [0.2, 0.25) is 0 Å². The molecular weight excluding hydrogens is 334 g/mol. The highest BCUT2D eigenvalue weighted by Gasteiger charge is 2.23. The molecule has 2 heterocycles. The summed E-state index contributed by atoms with van der Waals surface area (Å²) in [6, 6.07) is 5.90. The Balaban J connectivity index is 1.79. The van der Waals surface area contributed by atoms with E-state index >= 15 is 0 Å². The van der Waals surface area contributed by atoms with Gasteiger partial charge in [0.1, 0.15) is 11.4 Å². The lowest BCUT2D eigenvalue weighted by Crippen LogP contribution is -2.26. The molecule has 7 heteroatoms. The van der Waals surface area contributed by atoms with E-state index in [1.165, 1.54) is 12.8 Å². The Labute approximate surface area is 152 Å². The first-order valence-electron chi connectivity index (χ1n) is 8.97. The fourth-order valence-electron chi connectivity index (χ4n) is 3.53. The second-order valence-electron chi connectivity index (χ2n) is 6.58. The number of hydrogen-bond acceptors (Lipinski definition) is 5. The second kappa shape index (κ2) is 7.78. The van der Waals surface area contributed by atoms with Crippen LogP contribution < -0.4 is 10.5 Å². The highest BCUT2D eigenvalue weighted by Crippen LogP contribution is 2.27. The highest BCUT2D eigenvalue weighted by atomic mass is 16.5. The molecule has 1 unspecified atom stereocenters. The minimum atomic E-state index is -0.677. The standard InChI is InChI=1S/C19H25N3O4/c1-3-25-19(24)17-16(18(20)23)14-11-13(6-7-15(14)21-17)26-10-8-12-5-4-9-22(12)2/h6-7,11-12,21H,3-5,8-10H2,1-2H3,(H2,20,23). The minimum absolute atomic E-state index is 0.0825. The van der Waals surface area contributed by atoms with Crippen molar-refractivity contribution in [2.24, 2.45) is 5.73 Å². The number of esters is 1. The van der Waals surface area contributed by atoms with Crippen molar-refractivity contribution >= 4 is 22.8 Å². The summed E-state index contributed by atoms with van der Waals surface area (Å²) in [5.74, 6) is -0.622. The van der Waals surface area contributed by atoms with E-state index in [0.717, 1.165) is 13.0 Å². The van der Waals surface area contributed by atoms with Crippen molar-refractivity contribution in [1.29, 1.82) is 0 Å². The molecule has 0 aliphatic carbocycles. The lowest BCUT2D eigenvalue weighted by atomic mass is 10.1. The van der Waals surface area contributed by atoms with Gasteiger partial charge in [-0.15, -0.1) is 0 Å². The quantitative estimate of drug-likeness (QED) is 0.739. The van der Waals surface area contributed by atoms with E-state index < -0.39 is 11.9 Å². The molecule has 0 spiro atoms. The molecule has 1 atom stereocenters. The summed E-state index contributed by atoms with van der Waals surface area (Å²) in [4.78, 5) is 29.2. The van der Waals surface area contributed by atoms with Crippen LogP contribution in [-0.2, 0) is 4.74 Å². The molecule has 26 heavy (non-hydrogen) atoms. The maximum Gasteiger partial charge on any atom is 0.355 e. The van der Waals surface area contributed by atoms with Crippen LogP contribution in [0.1, 0.15) is 47.0 Å². The number of aromatic nitrogens is 1. The highest BCUT2D eigenvalue weighted by molar-refractivity contribution is 6.14. The van der Waals surface area contributed by atoms with E-state index in [9.17, 15) is 9.59 Å². The molecule has 1 fully saturated rings. The minimum Gasteiger partial charge on any atom is -0.494 e. The number of hydrogen-bond donors (Lipinski definition) is 2. The molecule has 1 amide bonds. The monoisotopic (exact) mass is 359 g/mol. The maximum absolute atomic E-state index is 12.1. The fraction of sp³-hybridized carbons (Fsp3) is 0.474. The van der Waals surface area contributed by atoms with Crippen LogP contribution in [0.4, 0.5) is 0 Å². The van der Waals surface area contributed by atoms with Crippen LogP contribution in [0.25, 0.3) is 10.9 Å². The molecule has 1 aliphatic rings. The molecule has 1 saturated heterocycles. The van der Waals surface area contributed by atoms with Gasteiger partial charge in [0.25, 0.3) is 5.91 Å². The topological polar surface area (TPSA) is 97.7 Å². The van der Waals surface area contributed by atoms with Crippen LogP contribution >= 0.6 is 0 Å². The third-order valence-electron chi connectivity index (χ3n) is 4.89. The molecule has 0 bridgehead atoms. The summed E-state index contributed by atoms with van der Waals surface area (Å²) in [5.41, 5.74) is 6.36. The number of carbonyl (C=O) groups is 2. The van der Waals surface area contributed by atoms with E-state index in [2.05, 4.69) is 16.9 Å². The third kappa shape index (κ3) is 3.67. The number of ether oxygens (including phenoxy) is 2. The molecule has 0 saturated carbocycles. The molecule has 140 valence electrons. The number of fused-ring (bicyclic) bond motifs is 1. The predicted molar refractivity (Wildman–Crippen MR) is 98.5 cm³/mol. The number of carbonyl (C=O) groups excluding carboxylic acids is 2. The molecule has 2 aromatic rings. The van der Waals surface area contributed by atoms with Crippen LogP contribution in [0.3, 0.4) is 0 Å². The van der Waals surface area contributed by atoms with Gasteiger partial charge in [0.2, 0.25) is 0 Å². The van der Waals surface area contributed by atoms with Gasteiger partial charge in [0.05, 0.1) is 18.8 Å². The summed E-state index contributed by atoms with van der Waals surface area (Å²) in [5, 5.41) is 0.566. The summed E-state index contributed by atoms with van der Waals surface area (Å²) >= 11 is 0.